The SMILES string of the molecule is Cc1ccc(C(=O)N2CCC[C@H](c3cc4nc(C(F)(F)F)ccc4c(=O)[nH]3)C2)o1. The minimum Gasteiger partial charge on any atom is -0.456 e. The van der Waals surface area contributed by atoms with Gasteiger partial charge in [0, 0.05) is 24.7 Å². The number of carbonyl (C=O) groups excluding carboxylic acids is 1. The number of rotatable bonds is 2. The van der Waals surface area contributed by atoms with Crippen LogP contribution in [0.25, 0.3) is 10.9 Å². The molecule has 29 heavy (non-hydrogen) atoms. The van der Waals surface area contributed by atoms with Gasteiger partial charge >= 0.3 is 6.18 Å². The lowest BCUT2D eigenvalue weighted by Gasteiger charge is -2.32. The van der Waals surface area contributed by atoms with E-state index in [0.29, 0.717) is 37.4 Å². The number of alkyl halides is 3. The molecule has 152 valence electrons. The van der Waals surface area contributed by atoms with Gasteiger partial charge in [0.15, 0.2) is 5.76 Å². The molecule has 6 nitrogen and oxygen atoms in total. The molecule has 1 aliphatic rings. The van der Waals surface area contributed by atoms with Crippen LogP contribution in [0, 0.1) is 6.92 Å². The second-order valence-electron chi connectivity index (χ2n) is 7.18. The van der Waals surface area contributed by atoms with E-state index in [1.807, 2.05) is 0 Å². The molecule has 0 bridgehead atoms. The number of furan rings is 1. The maximum absolute atomic E-state index is 13.0. The molecule has 3 aromatic rings. The zero-order valence-electron chi connectivity index (χ0n) is 15.5. The van der Waals surface area contributed by atoms with Crippen LogP contribution in [0.1, 0.15) is 46.5 Å². The number of hydrogen-bond donors (Lipinski definition) is 1. The molecule has 0 radical (unpaired) electrons. The summed E-state index contributed by atoms with van der Waals surface area (Å²) in [5, 5.41) is 0.0940. The van der Waals surface area contributed by atoms with Gasteiger partial charge in [-0.05, 0) is 50.1 Å². The van der Waals surface area contributed by atoms with Gasteiger partial charge in [-0.1, -0.05) is 0 Å². The Bertz CT molecular complexity index is 1130. The van der Waals surface area contributed by atoms with Crippen LogP contribution in [0.15, 0.2) is 39.5 Å². The Morgan fingerprint density at radius 1 is 1.28 bits per heavy atom. The smallest absolute Gasteiger partial charge is 0.433 e. The van der Waals surface area contributed by atoms with Gasteiger partial charge in [0.25, 0.3) is 11.5 Å². The normalized spacial score (nSPS) is 17.7. The fourth-order valence-electron chi connectivity index (χ4n) is 3.66. The average Bonchev–Trinajstić information content (AvgIpc) is 3.12. The summed E-state index contributed by atoms with van der Waals surface area (Å²) >= 11 is 0. The van der Waals surface area contributed by atoms with Crippen molar-refractivity contribution in [3.8, 4) is 0 Å². The zero-order chi connectivity index (χ0) is 20.8. The molecule has 1 aliphatic heterocycles. The summed E-state index contributed by atoms with van der Waals surface area (Å²) in [6.45, 7) is 2.63. The Labute approximate surface area is 163 Å². The van der Waals surface area contributed by atoms with Gasteiger partial charge < -0.3 is 14.3 Å². The van der Waals surface area contributed by atoms with E-state index in [4.69, 9.17) is 4.42 Å². The van der Waals surface area contributed by atoms with Gasteiger partial charge in [-0.2, -0.15) is 13.2 Å². The van der Waals surface area contributed by atoms with Crippen molar-refractivity contribution in [2.45, 2.75) is 31.9 Å². The Morgan fingerprint density at radius 3 is 2.76 bits per heavy atom. The zero-order valence-corrected chi connectivity index (χ0v) is 15.5. The molecule has 4 rings (SSSR count). The number of aromatic nitrogens is 2. The monoisotopic (exact) mass is 405 g/mol. The van der Waals surface area contributed by atoms with Crippen molar-refractivity contribution >= 4 is 16.8 Å². The average molecular weight is 405 g/mol. The van der Waals surface area contributed by atoms with Crippen LogP contribution < -0.4 is 5.56 Å². The van der Waals surface area contributed by atoms with E-state index < -0.39 is 17.4 Å². The maximum Gasteiger partial charge on any atom is 0.433 e. The van der Waals surface area contributed by atoms with Crippen LogP contribution in [0.4, 0.5) is 13.2 Å². The Morgan fingerprint density at radius 2 is 2.07 bits per heavy atom. The van der Waals surface area contributed by atoms with E-state index in [1.165, 1.54) is 6.07 Å². The van der Waals surface area contributed by atoms with Crippen molar-refractivity contribution in [2.75, 3.05) is 13.1 Å². The molecule has 0 aliphatic carbocycles. The molecule has 0 aromatic carbocycles. The number of H-pyrrole nitrogens is 1. The highest BCUT2D eigenvalue weighted by Gasteiger charge is 2.33. The van der Waals surface area contributed by atoms with Gasteiger partial charge in [-0.25, -0.2) is 4.98 Å². The highest BCUT2D eigenvalue weighted by atomic mass is 19.4. The number of piperidine rings is 1. The number of likely N-dealkylation sites (tertiary alicyclic amines) is 1. The summed E-state index contributed by atoms with van der Waals surface area (Å²) in [5.41, 5.74) is -1.08. The van der Waals surface area contributed by atoms with E-state index in [9.17, 15) is 22.8 Å². The highest BCUT2D eigenvalue weighted by Crippen LogP contribution is 2.30. The van der Waals surface area contributed by atoms with Gasteiger partial charge in [0.2, 0.25) is 0 Å². The van der Waals surface area contributed by atoms with Crippen molar-refractivity contribution in [3.63, 3.8) is 0 Å². The molecule has 1 amide bonds. The first-order chi connectivity index (χ1) is 13.7. The summed E-state index contributed by atoms with van der Waals surface area (Å²) < 4.78 is 44.3. The number of hydrogen-bond acceptors (Lipinski definition) is 4. The number of carbonyl (C=O) groups is 1. The lowest BCUT2D eigenvalue weighted by Crippen LogP contribution is -2.39. The lowest BCUT2D eigenvalue weighted by molar-refractivity contribution is -0.140. The molecule has 3 aromatic heterocycles. The van der Waals surface area contributed by atoms with E-state index in [0.717, 1.165) is 12.1 Å². The van der Waals surface area contributed by atoms with Crippen LogP contribution in [0.2, 0.25) is 0 Å². The molecular formula is C20H18F3N3O3. The van der Waals surface area contributed by atoms with E-state index >= 15 is 0 Å². The number of aryl methyl sites for hydroxylation is 1. The van der Waals surface area contributed by atoms with Crippen LogP contribution in [-0.4, -0.2) is 33.9 Å². The van der Waals surface area contributed by atoms with Crippen molar-refractivity contribution in [1.29, 1.82) is 0 Å². The second kappa shape index (κ2) is 7.06. The van der Waals surface area contributed by atoms with Crippen molar-refractivity contribution in [3.05, 3.63) is 63.6 Å². The van der Waals surface area contributed by atoms with E-state index in [2.05, 4.69) is 9.97 Å². The number of amides is 1. The second-order valence-corrected chi connectivity index (χ2v) is 7.18. The number of nitrogens with one attached hydrogen (secondary N) is 1. The molecule has 1 fully saturated rings. The van der Waals surface area contributed by atoms with Crippen LogP contribution in [0.3, 0.4) is 0 Å². The topological polar surface area (TPSA) is 79.2 Å². The summed E-state index contributed by atoms with van der Waals surface area (Å²) in [5.74, 6) is 0.416. The quantitative estimate of drug-likeness (QED) is 0.702. The number of halogens is 3. The maximum atomic E-state index is 13.0. The molecule has 4 heterocycles. The van der Waals surface area contributed by atoms with Crippen LogP contribution in [0.5, 0.6) is 0 Å². The predicted molar refractivity (Wildman–Crippen MR) is 98.7 cm³/mol. The third-order valence-corrected chi connectivity index (χ3v) is 5.11. The van der Waals surface area contributed by atoms with E-state index in [-0.39, 0.29) is 28.5 Å². The fourth-order valence-corrected chi connectivity index (χ4v) is 3.66. The number of aromatic amines is 1. The Balaban J connectivity index is 1.64. The third-order valence-electron chi connectivity index (χ3n) is 5.11. The van der Waals surface area contributed by atoms with Crippen molar-refractivity contribution in [1.82, 2.24) is 14.9 Å². The third kappa shape index (κ3) is 3.76. The summed E-state index contributed by atoms with van der Waals surface area (Å²) in [4.78, 5) is 33.0. The number of nitrogens with zero attached hydrogens (tertiary/aromatic N) is 2. The van der Waals surface area contributed by atoms with Gasteiger partial charge in [-0.15, -0.1) is 0 Å². The molecule has 0 saturated carbocycles. The number of pyridine rings is 2. The first kappa shape index (κ1) is 19.2. The molecule has 0 unspecified atom stereocenters. The largest absolute Gasteiger partial charge is 0.456 e. The minimum atomic E-state index is -4.59. The minimum absolute atomic E-state index is 0.0105. The van der Waals surface area contributed by atoms with Gasteiger partial charge in [0.05, 0.1) is 10.9 Å². The molecule has 1 saturated heterocycles. The molecule has 9 heteroatoms. The van der Waals surface area contributed by atoms with Crippen molar-refractivity contribution < 1.29 is 22.4 Å². The first-order valence-corrected chi connectivity index (χ1v) is 9.19. The first-order valence-electron chi connectivity index (χ1n) is 9.19. The highest BCUT2D eigenvalue weighted by molar-refractivity contribution is 5.91. The standard InChI is InChI=1S/C20H18F3N3O3/c1-11-4-6-16(29-11)19(28)26-8-2-3-12(10-26)14-9-15-13(18(27)25-14)5-7-17(24-15)20(21,22)23/h4-7,9,12H,2-3,8,10H2,1H3,(H,25,27)/t12-/m0/s1. The summed E-state index contributed by atoms with van der Waals surface area (Å²) in [7, 11) is 0. The molecule has 0 spiro atoms. The Kier molecular flexibility index (Phi) is 4.68. The van der Waals surface area contributed by atoms with Crippen LogP contribution >= 0.6 is 0 Å². The van der Waals surface area contributed by atoms with Crippen LogP contribution in [-0.2, 0) is 6.18 Å². The van der Waals surface area contributed by atoms with Gasteiger partial charge in [-0.3, -0.25) is 9.59 Å². The predicted octanol–water partition coefficient (Wildman–Crippen LogP) is 3.86. The summed E-state index contributed by atoms with van der Waals surface area (Å²) in [6, 6.07) is 6.72. The number of fused-ring (bicyclic) bond motifs is 1. The van der Waals surface area contributed by atoms with E-state index in [1.54, 1.807) is 24.0 Å². The fraction of sp³-hybridized carbons (Fsp3) is 0.350. The molecular weight excluding hydrogens is 387 g/mol. The van der Waals surface area contributed by atoms with Gasteiger partial charge in [0.1, 0.15) is 11.5 Å². The van der Waals surface area contributed by atoms with Crippen molar-refractivity contribution in [2.24, 2.45) is 0 Å². The summed E-state index contributed by atoms with van der Waals surface area (Å²) in [6.07, 6.45) is -3.19. The molecule has 1 N–H and O–H groups in total. The molecule has 1 atom stereocenters. The lowest BCUT2D eigenvalue weighted by atomic mass is 9.93. The Hall–Kier alpha value is -3.10.